The normalized spacial score (nSPS) is 10.8. The summed E-state index contributed by atoms with van der Waals surface area (Å²) in [5.74, 6) is 0.112. The summed E-state index contributed by atoms with van der Waals surface area (Å²) in [5, 5.41) is 0. The molecule has 0 spiro atoms. The maximum absolute atomic E-state index is 13.3. The molecule has 168 valence electrons. The van der Waals surface area contributed by atoms with E-state index in [1.54, 1.807) is 47.0 Å². The van der Waals surface area contributed by atoms with Gasteiger partial charge in [-0.1, -0.05) is 24.3 Å². The van der Waals surface area contributed by atoms with Gasteiger partial charge in [-0.25, -0.2) is 19.1 Å². The molecule has 2 aromatic heterocycles. The highest BCUT2D eigenvalue weighted by Crippen LogP contribution is 2.19. The number of methoxy groups -OCH3 is 2. The van der Waals surface area contributed by atoms with Crippen LogP contribution in [0.25, 0.3) is 16.9 Å². The number of carbonyl (C=O) groups is 1. The summed E-state index contributed by atoms with van der Waals surface area (Å²) in [7, 11) is 2.85. The molecule has 9 nitrogen and oxygen atoms in total. The van der Waals surface area contributed by atoms with Crippen molar-refractivity contribution >= 4 is 17.1 Å². The molecule has 0 aliphatic heterocycles. The highest BCUT2D eigenvalue weighted by atomic mass is 16.5. The first-order valence-electron chi connectivity index (χ1n) is 10.1. The third-order valence-corrected chi connectivity index (χ3v) is 5.22. The number of hydrogen-bond acceptors (Lipinski definition) is 6. The number of fused-ring (bicyclic) bond motifs is 1. The van der Waals surface area contributed by atoms with Crippen molar-refractivity contribution in [3.63, 3.8) is 0 Å². The Morgan fingerprint density at radius 2 is 1.91 bits per heavy atom. The average Bonchev–Trinajstić information content (AvgIpc) is 3.24. The molecule has 0 fully saturated rings. The molecule has 4 rings (SSSR count). The number of allylic oxidation sites excluding steroid dienone is 1. The second-order valence-electron chi connectivity index (χ2n) is 7.26. The molecule has 9 heteroatoms. The van der Waals surface area contributed by atoms with Gasteiger partial charge in [0.15, 0.2) is 11.2 Å². The number of imidazole rings is 1. The molecule has 0 radical (unpaired) electrons. The summed E-state index contributed by atoms with van der Waals surface area (Å²) >= 11 is 0. The number of carbonyl (C=O) groups excluding carboxylic acids is 1. The van der Waals surface area contributed by atoms with Crippen molar-refractivity contribution in [2.75, 3.05) is 14.2 Å². The number of esters is 1. The van der Waals surface area contributed by atoms with Crippen molar-refractivity contribution in [2.24, 2.45) is 0 Å². The molecule has 33 heavy (non-hydrogen) atoms. The first kappa shape index (κ1) is 21.8. The zero-order valence-corrected chi connectivity index (χ0v) is 18.2. The zero-order valence-electron chi connectivity index (χ0n) is 18.2. The third kappa shape index (κ3) is 3.96. The van der Waals surface area contributed by atoms with Gasteiger partial charge in [0, 0.05) is 19.2 Å². The van der Waals surface area contributed by atoms with Crippen LogP contribution in [0.15, 0.2) is 77.1 Å². The van der Waals surface area contributed by atoms with Crippen LogP contribution < -0.4 is 16.0 Å². The van der Waals surface area contributed by atoms with Gasteiger partial charge in [-0.3, -0.25) is 9.36 Å². The first-order chi connectivity index (χ1) is 16.0. The molecule has 0 saturated heterocycles. The van der Waals surface area contributed by atoms with E-state index in [9.17, 15) is 14.4 Å². The van der Waals surface area contributed by atoms with E-state index in [0.717, 1.165) is 10.1 Å². The maximum atomic E-state index is 13.3. The highest BCUT2D eigenvalue weighted by molar-refractivity contribution is 5.89. The molecule has 0 saturated carbocycles. The second-order valence-corrected chi connectivity index (χ2v) is 7.26. The summed E-state index contributed by atoms with van der Waals surface area (Å²) < 4.78 is 14.2. The van der Waals surface area contributed by atoms with Crippen LogP contribution in [-0.2, 0) is 17.8 Å². The predicted molar refractivity (Wildman–Crippen MR) is 123 cm³/mol. The Morgan fingerprint density at radius 3 is 2.64 bits per heavy atom. The molecule has 4 aromatic rings. The second kappa shape index (κ2) is 8.99. The summed E-state index contributed by atoms with van der Waals surface area (Å²) in [6.45, 7) is 3.97. The third-order valence-electron chi connectivity index (χ3n) is 5.22. The lowest BCUT2D eigenvalue weighted by atomic mass is 10.1. The van der Waals surface area contributed by atoms with Crippen LogP contribution in [0.4, 0.5) is 0 Å². The van der Waals surface area contributed by atoms with Gasteiger partial charge in [0.25, 0.3) is 5.56 Å². The Balaban J connectivity index is 1.93. The number of hydrogen-bond donors (Lipinski definition) is 0. The smallest absolute Gasteiger partial charge is 0.337 e. The number of nitrogens with zero attached hydrogens (tertiary/aromatic N) is 4. The van der Waals surface area contributed by atoms with E-state index in [-0.39, 0.29) is 24.3 Å². The summed E-state index contributed by atoms with van der Waals surface area (Å²) in [6, 6.07) is 13.9. The van der Waals surface area contributed by atoms with Crippen molar-refractivity contribution in [1.82, 2.24) is 18.7 Å². The molecule has 0 atom stereocenters. The Bertz CT molecular complexity index is 1480. The zero-order chi connectivity index (χ0) is 23.5. The quantitative estimate of drug-likeness (QED) is 0.319. The van der Waals surface area contributed by atoms with Crippen molar-refractivity contribution in [3.05, 3.63) is 99.5 Å². The molecule has 0 unspecified atom stereocenters. The van der Waals surface area contributed by atoms with Crippen molar-refractivity contribution < 1.29 is 14.3 Å². The van der Waals surface area contributed by atoms with E-state index >= 15 is 0 Å². The molecule has 2 aromatic carbocycles. The van der Waals surface area contributed by atoms with Crippen molar-refractivity contribution in [1.29, 1.82) is 0 Å². The highest BCUT2D eigenvalue weighted by Gasteiger charge is 2.19. The topological polar surface area (TPSA) is 97.4 Å². The molecular weight excluding hydrogens is 424 g/mol. The van der Waals surface area contributed by atoms with Gasteiger partial charge < -0.3 is 14.0 Å². The minimum Gasteiger partial charge on any atom is -0.497 e. The van der Waals surface area contributed by atoms with Gasteiger partial charge in [-0.2, -0.15) is 0 Å². The summed E-state index contributed by atoms with van der Waals surface area (Å²) in [4.78, 5) is 42.8. The standard InChI is InChI=1S/C24H22N4O5/c1-4-11-27-22(29)20-21(28(24(27)31)18-9-6-10-19(13-18)32-2)25-15-26(20)14-16-7-5-8-17(12-16)23(30)33-3/h4-10,12-13,15H,1,11,14H2,2-3H3. The van der Waals surface area contributed by atoms with Crippen molar-refractivity contribution in [2.45, 2.75) is 13.1 Å². The van der Waals surface area contributed by atoms with E-state index < -0.39 is 17.2 Å². The van der Waals surface area contributed by atoms with Crippen LogP contribution in [0.2, 0.25) is 0 Å². The summed E-state index contributed by atoms with van der Waals surface area (Å²) in [6.07, 6.45) is 3.00. The van der Waals surface area contributed by atoms with Crippen LogP contribution in [-0.4, -0.2) is 38.9 Å². The number of rotatable bonds is 7. The fourth-order valence-electron chi connectivity index (χ4n) is 3.68. The lowest BCUT2D eigenvalue weighted by molar-refractivity contribution is 0.0600. The summed E-state index contributed by atoms with van der Waals surface area (Å²) in [5.41, 5.74) is 1.16. The van der Waals surface area contributed by atoms with Gasteiger partial charge in [0.05, 0.1) is 31.8 Å². The molecule has 0 aliphatic rings. The average molecular weight is 446 g/mol. The molecule has 0 N–H and O–H groups in total. The Morgan fingerprint density at radius 1 is 1.12 bits per heavy atom. The van der Waals surface area contributed by atoms with Gasteiger partial charge >= 0.3 is 11.7 Å². The number of aromatic nitrogens is 4. The lowest BCUT2D eigenvalue weighted by Gasteiger charge is -2.13. The molecule has 2 heterocycles. The molecule has 0 amide bonds. The first-order valence-corrected chi connectivity index (χ1v) is 10.1. The number of ether oxygens (including phenoxy) is 2. The van der Waals surface area contributed by atoms with E-state index in [2.05, 4.69) is 11.6 Å². The van der Waals surface area contributed by atoms with Gasteiger partial charge in [-0.05, 0) is 29.8 Å². The minimum atomic E-state index is -0.529. The van der Waals surface area contributed by atoms with Crippen LogP contribution in [0, 0.1) is 0 Å². The molecular formula is C24H22N4O5. The molecule has 0 aliphatic carbocycles. The van der Waals surface area contributed by atoms with E-state index in [0.29, 0.717) is 17.0 Å². The minimum absolute atomic E-state index is 0.0422. The predicted octanol–water partition coefficient (Wildman–Crippen LogP) is 2.38. The van der Waals surface area contributed by atoms with Crippen LogP contribution in [0.1, 0.15) is 15.9 Å². The largest absolute Gasteiger partial charge is 0.497 e. The Labute approximate surface area is 188 Å². The van der Waals surface area contributed by atoms with E-state index in [4.69, 9.17) is 9.47 Å². The van der Waals surface area contributed by atoms with Crippen molar-refractivity contribution in [3.8, 4) is 11.4 Å². The Hall–Kier alpha value is -4.40. The van der Waals surface area contributed by atoms with Gasteiger partial charge in [0.2, 0.25) is 0 Å². The SMILES string of the molecule is C=CCn1c(=O)c2c(ncn2Cc2cccc(C(=O)OC)c2)n(-c2cccc(OC)c2)c1=O. The number of benzene rings is 2. The monoisotopic (exact) mass is 446 g/mol. The van der Waals surface area contributed by atoms with Gasteiger partial charge in [0.1, 0.15) is 5.75 Å². The van der Waals surface area contributed by atoms with E-state index in [1.807, 2.05) is 6.07 Å². The maximum Gasteiger partial charge on any atom is 0.337 e. The fourth-order valence-corrected chi connectivity index (χ4v) is 3.68. The van der Waals surface area contributed by atoms with Crippen LogP contribution in [0.3, 0.4) is 0 Å². The Kier molecular flexibility index (Phi) is 5.95. The lowest BCUT2D eigenvalue weighted by Crippen LogP contribution is -2.39. The van der Waals surface area contributed by atoms with Gasteiger partial charge in [-0.15, -0.1) is 6.58 Å². The van der Waals surface area contributed by atoms with Crippen LogP contribution >= 0.6 is 0 Å². The molecule has 0 bridgehead atoms. The van der Waals surface area contributed by atoms with E-state index in [1.165, 1.54) is 31.2 Å². The fraction of sp³-hybridized carbons (Fsp3) is 0.167. The van der Waals surface area contributed by atoms with Crippen LogP contribution in [0.5, 0.6) is 5.75 Å².